The summed E-state index contributed by atoms with van der Waals surface area (Å²) in [5.74, 6) is -0.491. The minimum atomic E-state index is -0.829. The fourth-order valence-electron chi connectivity index (χ4n) is 2.42. The highest BCUT2D eigenvalue weighted by molar-refractivity contribution is 6.17. The number of fused-ring (bicyclic) bond motifs is 1. The number of benzene rings is 1. The molecule has 2 nitrogen and oxygen atoms in total. The number of alkyl halides is 1. The number of aryl methyl sites for hydroxylation is 2. The molecule has 0 N–H and O–H groups in total. The van der Waals surface area contributed by atoms with E-state index in [1.807, 2.05) is 0 Å². The van der Waals surface area contributed by atoms with Gasteiger partial charge in [0.05, 0.1) is 5.52 Å². The van der Waals surface area contributed by atoms with Gasteiger partial charge in [0.2, 0.25) is 0 Å². The molecule has 0 amide bonds. The highest BCUT2D eigenvalue weighted by Crippen LogP contribution is 2.23. The maximum atomic E-state index is 14.0. The molecule has 0 bridgehead atoms. The Bertz CT molecular complexity index is 581. The number of nitrogens with zero attached hydrogens (tertiary/aromatic N) is 2. The monoisotopic (exact) mass is 300 g/mol. The van der Waals surface area contributed by atoms with Crippen molar-refractivity contribution < 1.29 is 8.78 Å². The van der Waals surface area contributed by atoms with Crippen LogP contribution in [-0.2, 0) is 13.0 Å². The average molecular weight is 301 g/mol. The number of unbranched alkanes of at least 4 members (excludes halogenated alkanes) is 3. The number of hydrogen-bond acceptors (Lipinski definition) is 1. The highest BCUT2D eigenvalue weighted by atomic mass is 35.5. The van der Waals surface area contributed by atoms with Crippen molar-refractivity contribution in [1.29, 1.82) is 0 Å². The van der Waals surface area contributed by atoms with Gasteiger partial charge in [0.25, 0.3) is 0 Å². The third-order valence-electron chi connectivity index (χ3n) is 3.43. The second kappa shape index (κ2) is 7.02. The quantitative estimate of drug-likeness (QED) is 0.536. The predicted octanol–water partition coefficient (Wildman–Crippen LogP) is 4.68. The zero-order chi connectivity index (χ0) is 14.5. The van der Waals surface area contributed by atoms with E-state index in [1.165, 1.54) is 6.07 Å². The van der Waals surface area contributed by atoms with Crippen molar-refractivity contribution in [2.75, 3.05) is 5.88 Å². The fraction of sp³-hybridized carbons (Fsp3) is 0.533. The minimum Gasteiger partial charge on any atom is -0.325 e. The maximum Gasteiger partial charge on any atom is 0.184 e. The van der Waals surface area contributed by atoms with E-state index in [9.17, 15) is 8.78 Å². The van der Waals surface area contributed by atoms with E-state index >= 15 is 0 Å². The molecule has 110 valence electrons. The van der Waals surface area contributed by atoms with Crippen LogP contribution in [0.5, 0.6) is 0 Å². The van der Waals surface area contributed by atoms with Gasteiger partial charge in [-0.1, -0.05) is 26.2 Å². The third-order valence-corrected chi connectivity index (χ3v) is 3.62. The summed E-state index contributed by atoms with van der Waals surface area (Å²) in [5, 5.41) is 0. The van der Waals surface area contributed by atoms with E-state index in [0.29, 0.717) is 24.4 Å². The molecule has 1 aromatic carbocycles. The summed E-state index contributed by atoms with van der Waals surface area (Å²) in [6, 6.07) is 2.64. The average Bonchev–Trinajstić information content (AvgIpc) is 2.78. The van der Waals surface area contributed by atoms with Gasteiger partial charge in [-0.3, -0.25) is 0 Å². The Morgan fingerprint density at radius 2 is 2.00 bits per heavy atom. The van der Waals surface area contributed by atoms with Crippen LogP contribution in [0.4, 0.5) is 8.78 Å². The molecule has 2 aromatic rings. The van der Waals surface area contributed by atoms with Crippen molar-refractivity contribution in [2.24, 2.45) is 0 Å². The van der Waals surface area contributed by atoms with Gasteiger partial charge in [-0.05, 0) is 18.6 Å². The number of halogens is 3. The van der Waals surface area contributed by atoms with Crippen LogP contribution in [0.3, 0.4) is 0 Å². The lowest BCUT2D eigenvalue weighted by atomic mass is 10.2. The van der Waals surface area contributed by atoms with Crippen LogP contribution >= 0.6 is 11.6 Å². The summed E-state index contributed by atoms with van der Waals surface area (Å²) < 4.78 is 29.2. The zero-order valence-electron chi connectivity index (χ0n) is 11.6. The van der Waals surface area contributed by atoms with Crippen LogP contribution in [0.2, 0.25) is 0 Å². The number of rotatable bonds is 7. The molecule has 0 radical (unpaired) electrons. The van der Waals surface area contributed by atoms with Crippen LogP contribution in [0.25, 0.3) is 11.0 Å². The van der Waals surface area contributed by atoms with Crippen LogP contribution in [0.1, 0.15) is 38.4 Å². The van der Waals surface area contributed by atoms with Crippen molar-refractivity contribution >= 4 is 22.6 Å². The molecule has 1 heterocycles. The first-order valence-electron chi connectivity index (χ1n) is 7.08. The lowest BCUT2D eigenvalue weighted by molar-refractivity contribution is 0.506. The summed E-state index contributed by atoms with van der Waals surface area (Å²) in [4.78, 5) is 4.38. The third kappa shape index (κ3) is 3.11. The summed E-state index contributed by atoms with van der Waals surface area (Å²) >= 11 is 5.77. The van der Waals surface area contributed by atoms with Gasteiger partial charge >= 0.3 is 0 Å². The van der Waals surface area contributed by atoms with Gasteiger partial charge < -0.3 is 4.57 Å². The first-order chi connectivity index (χ1) is 9.69. The molecule has 0 aliphatic carbocycles. The van der Waals surface area contributed by atoms with Gasteiger partial charge in [-0.25, -0.2) is 13.8 Å². The largest absolute Gasteiger partial charge is 0.325 e. The normalized spacial score (nSPS) is 11.4. The van der Waals surface area contributed by atoms with Gasteiger partial charge in [0, 0.05) is 18.8 Å². The highest BCUT2D eigenvalue weighted by Gasteiger charge is 2.16. The Morgan fingerprint density at radius 3 is 2.70 bits per heavy atom. The van der Waals surface area contributed by atoms with E-state index in [4.69, 9.17) is 11.6 Å². The van der Waals surface area contributed by atoms with E-state index in [-0.39, 0.29) is 5.52 Å². The van der Waals surface area contributed by atoms with Gasteiger partial charge in [0.15, 0.2) is 11.6 Å². The fourth-order valence-corrected chi connectivity index (χ4v) is 2.59. The Hall–Kier alpha value is -1.16. The first kappa shape index (κ1) is 15.2. The molecule has 1 aromatic heterocycles. The summed E-state index contributed by atoms with van der Waals surface area (Å²) in [6.07, 6.45) is 4.86. The number of hydrogen-bond donors (Lipinski definition) is 0. The van der Waals surface area contributed by atoms with E-state index < -0.39 is 11.6 Å². The molecule has 0 aliphatic heterocycles. The summed E-state index contributed by atoms with van der Waals surface area (Å²) in [7, 11) is 0. The van der Waals surface area contributed by atoms with Gasteiger partial charge in [0.1, 0.15) is 11.3 Å². The van der Waals surface area contributed by atoms with Crippen molar-refractivity contribution in [3.8, 4) is 0 Å². The van der Waals surface area contributed by atoms with Crippen molar-refractivity contribution in [3.63, 3.8) is 0 Å². The summed E-state index contributed by atoms with van der Waals surface area (Å²) in [5.41, 5.74) is 0.765. The second-order valence-corrected chi connectivity index (χ2v) is 5.29. The molecule has 2 rings (SSSR count). The molecular weight excluding hydrogens is 282 g/mol. The van der Waals surface area contributed by atoms with Crippen molar-refractivity contribution in [1.82, 2.24) is 9.55 Å². The predicted molar refractivity (Wildman–Crippen MR) is 78.2 cm³/mol. The van der Waals surface area contributed by atoms with Crippen LogP contribution < -0.4 is 0 Å². The smallest absolute Gasteiger partial charge is 0.184 e. The molecule has 0 fully saturated rings. The van der Waals surface area contributed by atoms with E-state index in [0.717, 1.165) is 37.6 Å². The molecule has 0 spiro atoms. The molecule has 0 atom stereocenters. The lowest BCUT2D eigenvalue weighted by Gasteiger charge is -2.09. The SMILES string of the molecule is CCCCCCn1c(CCCl)nc2ccc(F)c(F)c21. The van der Waals surface area contributed by atoms with Crippen LogP contribution in [-0.4, -0.2) is 15.4 Å². The molecule has 0 saturated carbocycles. The molecule has 0 aliphatic rings. The van der Waals surface area contributed by atoms with E-state index in [2.05, 4.69) is 11.9 Å². The lowest BCUT2D eigenvalue weighted by Crippen LogP contribution is -2.06. The number of imidazole rings is 1. The molecule has 5 heteroatoms. The van der Waals surface area contributed by atoms with Gasteiger partial charge in [-0.2, -0.15) is 0 Å². The second-order valence-electron chi connectivity index (χ2n) is 4.91. The zero-order valence-corrected chi connectivity index (χ0v) is 12.4. The van der Waals surface area contributed by atoms with Crippen molar-refractivity contribution in [3.05, 3.63) is 29.6 Å². The Kier molecular flexibility index (Phi) is 5.35. The first-order valence-corrected chi connectivity index (χ1v) is 7.61. The molecule has 0 saturated heterocycles. The van der Waals surface area contributed by atoms with Crippen molar-refractivity contribution in [2.45, 2.75) is 45.6 Å². The van der Waals surface area contributed by atoms with E-state index in [1.54, 1.807) is 4.57 Å². The minimum absolute atomic E-state index is 0.265. The maximum absolute atomic E-state index is 14.0. The Balaban J connectivity index is 2.36. The molecule has 20 heavy (non-hydrogen) atoms. The van der Waals surface area contributed by atoms with Gasteiger partial charge in [-0.15, -0.1) is 11.6 Å². The topological polar surface area (TPSA) is 17.8 Å². The van der Waals surface area contributed by atoms with Crippen LogP contribution in [0, 0.1) is 11.6 Å². The van der Waals surface area contributed by atoms with Crippen LogP contribution in [0.15, 0.2) is 12.1 Å². The number of aromatic nitrogens is 2. The molecular formula is C15H19ClF2N2. The Labute approximate surface area is 122 Å². The summed E-state index contributed by atoms with van der Waals surface area (Å²) in [6.45, 7) is 2.80. The standard InChI is InChI=1S/C15H19ClF2N2/c1-2-3-4-5-10-20-13(8-9-16)19-12-7-6-11(17)14(18)15(12)20/h6-7H,2-5,8-10H2,1H3. The Morgan fingerprint density at radius 1 is 1.20 bits per heavy atom. The molecule has 0 unspecified atom stereocenters.